The minimum absolute atomic E-state index is 0.367. The lowest BCUT2D eigenvalue weighted by Gasteiger charge is -2.34. The monoisotopic (exact) mass is 330 g/mol. The Labute approximate surface area is 109 Å². The Hall–Kier alpha value is 0.300. The Kier molecular flexibility index (Phi) is 2.55. The van der Waals surface area contributed by atoms with Gasteiger partial charge in [-0.1, -0.05) is 53.8 Å². The third-order valence-electron chi connectivity index (χ3n) is 3.80. The summed E-state index contributed by atoms with van der Waals surface area (Å²) >= 11 is 4.67. The summed E-state index contributed by atoms with van der Waals surface area (Å²) in [4.78, 5) is 1.57. The summed E-state index contributed by atoms with van der Waals surface area (Å²) < 4.78 is 0.702. The number of thioether (sulfide) groups is 1. The Bertz CT molecular complexity index is 380. The Morgan fingerprint density at radius 1 is 1.53 bits per heavy atom. The maximum Gasteiger partial charge on any atom is 0.0330 e. The Morgan fingerprint density at radius 2 is 2.40 bits per heavy atom. The quantitative estimate of drug-likeness (QED) is 0.359. The lowest BCUT2D eigenvalue weighted by Crippen LogP contribution is -2.29. The van der Waals surface area contributed by atoms with Gasteiger partial charge in [-0.05, 0) is 24.8 Å². The van der Waals surface area contributed by atoms with E-state index in [1.54, 1.807) is 10.5 Å². The SMILES string of the molecule is CC12C=CCCC1SC1=C2CC(I)C=C1. The molecule has 0 aromatic heterocycles. The average Bonchev–Trinajstić information content (AvgIpc) is 2.51. The van der Waals surface area contributed by atoms with Gasteiger partial charge in [-0.2, -0.15) is 0 Å². The van der Waals surface area contributed by atoms with E-state index in [9.17, 15) is 0 Å². The van der Waals surface area contributed by atoms with Crippen LogP contribution in [0, 0.1) is 5.41 Å². The van der Waals surface area contributed by atoms with Gasteiger partial charge in [0, 0.05) is 19.5 Å². The molecule has 80 valence electrons. The van der Waals surface area contributed by atoms with Crippen molar-refractivity contribution in [2.75, 3.05) is 0 Å². The van der Waals surface area contributed by atoms with Gasteiger partial charge < -0.3 is 0 Å². The second kappa shape index (κ2) is 3.66. The topological polar surface area (TPSA) is 0 Å². The molecule has 3 unspecified atom stereocenters. The van der Waals surface area contributed by atoms with Gasteiger partial charge in [0.2, 0.25) is 0 Å². The highest BCUT2D eigenvalue weighted by Gasteiger charge is 2.44. The van der Waals surface area contributed by atoms with Gasteiger partial charge >= 0.3 is 0 Å². The average molecular weight is 330 g/mol. The van der Waals surface area contributed by atoms with E-state index in [1.807, 2.05) is 0 Å². The van der Waals surface area contributed by atoms with Crippen molar-refractivity contribution in [3.05, 3.63) is 34.8 Å². The molecule has 15 heavy (non-hydrogen) atoms. The van der Waals surface area contributed by atoms with E-state index in [-0.39, 0.29) is 0 Å². The summed E-state index contributed by atoms with van der Waals surface area (Å²) in [6.07, 6.45) is 13.5. The van der Waals surface area contributed by atoms with Crippen molar-refractivity contribution in [1.82, 2.24) is 0 Å². The molecule has 2 aliphatic carbocycles. The summed E-state index contributed by atoms with van der Waals surface area (Å²) in [5.74, 6) is 0. The molecule has 0 spiro atoms. The van der Waals surface area contributed by atoms with E-state index >= 15 is 0 Å². The molecule has 1 aliphatic heterocycles. The molecular weight excluding hydrogens is 315 g/mol. The number of fused-ring (bicyclic) bond motifs is 2. The van der Waals surface area contributed by atoms with Crippen LogP contribution in [-0.4, -0.2) is 9.17 Å². The standard InChI is InChI=1S/C13H15IS/c1-13-7-3-2-4-12(13)15-11-6-5-9(14)8-10(11)13/h3,5-7,9,12H,2,4,8H2,1H3. The summed E-state index contributed by atoms with van der Waals surface area (Å²) in [7, 11) is 0. The molecule has 2 heteroatoms. The zero-order valence-electron chi connectivity index (χ0n) is 8.87. The molecule has 0 aromatic carbocycles. The van der Waals surface area contributed by atoms with Crippen LogP contribution >= 0.6 is 34.4 Å². The number of hydrogen-bond acceptors (Lipinski definition) is 1. The highest BCUT2D eigenvalue weighted by Crippen LogP contribution is 2.57. The number of alkyl halides is 1. The summed E-state index contributed by atoms with van der Waals surface area (Å²) in [6.45, 7) is 2.44. The van der Waals surface area contributed by atoms with Crippen molar-refractivity contribution in [3.63, 3.8) is 0 Å². The van der Waals surface area contributed by atoms with Crippen LogP contribution in [0.15, 0.2) is 34.8 Å². The van der Waals surface area contributed by atoms with Crippen LogP contribution in [0.2, 0.25) is 0 Å². The molecule has 0 saturated heterocycles. The summed E-state index contributed by atoms with van der Waals surface area (Å²) in [6, 6.07) is 0. The molecule has 0 saturated carbocycles. The van der Waals surface area contributed by atoms with Crippen molar-refractivity contribution in [1.29, 1.82) is 0 Å². The lowest BCUT2D eigenvalue weighted by atomic mass is 9.72. The number of hydrogen-bond donors (Lipinski definition) is 0. The molecule has 0 amide bonds. The first kappa shape index (κ1) is 10.5. The van der Waals surface area contributed by atoms with Crippen LogP contribution in [0.3, 0.4) is 0 Å². The van der Waals surface area contributed by atoms with Crippen molar-refractivity contribution in [3.8, 4) is 0 Å². The summed E-state index contributed by atoms with van der Waals surface area (Å²) in [5.41, 5.74) is 2.07. The van der Waals surface area contributed by atoms with Crippen LogP contribution in [0.4, 0.5) is 0 Å². The molecule has 0 N–H and O–H groups in total. The molecule has 0 aromatic rings. The van der Waals surface area contributed by atoms with E-state index in [4.69, 9.17) is 0 Å². The fourth-order valence-corrected chi connectivity index (χ4v) is 5.14. The van der Waals surface area contributed by atoms with Gasteiger partial charge in [0.25, 0.3) is 0 Å². The zero-order valence-corrected chi connectivity index (χ0v) is 11.8. The largest absolute Gasteiger partial charge is 0.122 e. The second-order valence-electron chi connectivity index (χ2n) is 4.79. The number of rotatable bonds is 0. The minimum Gasteiger partial charge on any atom is -0.122 e. The highest BCUT2D eigenvalue weighted by molar-refractivity contribution is 14.1. The molecule has 3 rings (SSSR count). The highest BCUT2D eigenvalue weighted by atomic mass is 127. The molecule has 0 nitrogen and oxygen atoms in total. The van der Waals surface area contributed by atoms with E-state index in [0.717, 1.165) is 5.25 Å². The smallest absolute Gasteiger partial charge is 0.0330 e. The van der Waals surface area contributed by atoms with Crippen molar-refractivity contribution >= 4 is 34.4 Å². The van der Waals surface area contributed by atoms with E-state index in [2.05, 4.69) is 65.6 Å². The van der Waals surface area contributed by atoms with Crippen LogP contribution in [0.25, 0.3) is 0 Å². The third-order valence-corrected chi connectivity index (χ3v) is 6.30. The predicted octanol–water partition coefficient (Wildman–Crippen LogP) is 4.48. The lowest BCUT2D eigenvalue weighted by molar-refractivity contribution is 0.444. The van der Waals surface area contributed by atoms with Crippen LogP contribution in [-0.2, 0) is 0 Å². The fraction of sp³-hybridized carbons (Fsp3) is 0.538. The maximum absolute atomic E-state index is 2.55. The Balaban J connectivity index is 2.03. The normalized spacial score (nSPS) is 43.1. The first-order valence-electron chi connectivity index (χ1n) is 5.60. The van der Waals surface area contributed by atoms with Crippen LogP contribution in [0.5, 0.6) is 0 Å². The molecular formula is C13H15IS. The van der Waals surface area contributed by atoms with Gasteiger partial charge in [-0.3, -0.25) is 0 Å². The van der Waals surface area contributed by atoms with Gasteiger partial charge in [0.15, 0.2) is 0 Å². The van der Waals surface area contributed by atoms with E-state index in [1.165, 1.54) is 19.3 Å². The molecule has 3 aliphatic rings. The molecule has 0 fully saturated rings. The molecule has 0 bridgehead atoms. The van der Waals surface area contributed by atoms with Gasteiger partial charge in [-0.25, -0.2) is 0 Å². The van der Waals surface area contributed by atoms with Crippen molar-refractivity contribution < 1.29 is 0 Å². The maximum atomic E-state index is 2.55. The summed E-state index contributed by atoms with van der Waals surface area (Å²) in [5, 5.41) is 0.804. The van der Waals surface area contributed by atoms with Crippen molar-refractivity contribution in [2.45, 2.75) is 35.4 Å². The molecule has 0 radical (unpaired) electrons. The molecule has 3 atom stereocenters. The number of halogens is 1. The second-order valence-corrected chi connectivity index (χ2v) is 7.64. The zero-order chi connectivity index (χ0) is 10.5. The first-order chi connectivity index (χ1) is 7.20. The number of allylic oxidation sites excluding steroid dienone is 5. The predicted molar refractivity (Wildman–Crippen MR) is 76.5 cm³/mol. The van der Waals surface area contributed by atoms with E-state index < -0.39 is 0 Å². The third kappa shape index (κ3) is 1.55. The van der Waals surface area contributed by atoms with Gasteiger partial charge in [0.05, 0.1) is 0 Å². The van der Waals surface area contributed by atoms with Gasteiger partial charge in [-0.15, -0.1) is 11.8 Å². The minimum atomic E-state index is 0.367. The van der Waals surface area contributed by atoms with E-state index in [0.29, 0.717) is 9.34 Å². The van der Waals surface area contributed by atoms with Crippen molar-refractivity contribution in [2.24, 2.45) is 5.41 Å². The first-order valence-corrected chi connectivity index (χ1v) is 7.73. The van der Waals surface area contributed by atoms with Crippen LogP contribution < -0.4 is 0 Å². The Morgan fingerprint density at radius 3 is 3.27 bits per heavy atom. The molecule has 1 heterocycles. The fourth-order valence-electron chi connectivity index (χ4n) is 2.86. The van der Waals surface area contributed by atoms with Gasteiger partial charge in [0.1, 0.15) is 0 Å². The van der Waals surface area contributed by atoms with Crippen LogP contribution in [0.1, 0.15) is 26.2 Å².